The minimum atomic E-state index is -1.86. The molecule has 0 saturated carbocycles. The molecule has 0 aromatic carbocycles. The summed E-state index contributed by atoms with van der Waals surface area (Å²) in [7, 11) is 0. The van der Waals surface area contributed by atoms with Crippen LogP contribution in [0.15, 0.2) is 0 Å². The number of carboxylic acid groups (broad SMARTS) is 1. The minimum absolute atomic E-state index is 0.357. The Hall–Kier alpha value is -1.10. The molecule has 21 heavy (non-hydrogen) atoms. The number of carbonyl (C=O) groups is 2. The number of rotatable bonds is 8. The molecule has 0 amide bonds. The number of hydrogen-bond acceptors (Lipinski definition) is 8. The number of ketones is 1. The van der Waals surface area contributed by atoms with E-state index in [1.165, 1.54) is 0 Å². The number of nitrogens with two attached hydrogens (primary N) is 1. The highest BCUT2D eigenvalue weighted by atomic mass is 16.4. The third kappa shape index (κ3) is 10.3. The van der Waals surface area contributed by atoms with Crippen molar-refractivity contribution >= 4 is 11.8 Å². The van der Waals surface area contributed by atoms with E-state index in [0.717, 1.165) is 0 Å². The van der Waals surface area contributed by atoms with Gasteiger partial charge in [-0.1, -0.05) is 13.8 Å². The van der Waals surface area contributed by atoms with Gasteiger partial charge in [-0.15, -0.1) is 0 Å². The topological polar surface area (TPSA) is 182 Å². The van der Waals surface area contributed by atoms with E-state index in [4.69, 9.17) is 36.4 Å². The van der Waals surface area contributed by atoms with Crippen LogP contribution in [0.1, 0.15) is 20.3 Å². The molecule has 9 nitrogen and oxygen atoms in total. The second-order valence-corrected chi connectivity index (χ2v) is 4.88. The van der Waals surface area contributed by atoms with Crippen molar-refractivity contribution in [3.8, 4) is 0 Å². The first-order chi connectivity index (χ1) is 9.58. The summed E-state index contributed by atoms with van der Waals surface area (Å²) >= 11 is 0. The normalized spacial score (nSPS) is 16.4. The zero-order valence-electron chi connectivity index (χ0n) is 12.1. The van der Waals surface area contributed by atoms with Gasteiger partial charge < -0.3 is 36.4 Å². The summed E-state index contributed by atoms with van der Waals surface area (Å²) in [6.45, 7) is 2.21. The van der Waals surface area contributed by atoms with Gasteiger partial charge >= 0.3 is 5.97 Å². The molecule has 8 N–H and O–H groups in total. The summed E-state index contributed by atoms with van der Waals surface area (Å²) in [6, 6.07) is -0.690. The largest absolute Gasteiger partial charge is 0.480 e. The second kappa shape index (κ2) is 11.5. The summed E-state index contributed by atoms with van der Waals surface area (Å²) < 4.78 is 0. The van der Waals surface area contributed by atoms with Gasteiger partial charge in [0.25, 0.3) is 0 Å². The Morgan fingerprint density at radius 1 is 1.10 bits per heavy atom. The highest BCUT2D eigenvalue weighted by Crippen LogP contribution is 2.02. The first-order valence-corrected chi connectivity index (χ1v) is 6.35. The molecule has 0 aliphatic carbocycles. The van der Waals surface area contributed by atoms with Crippen LogP contribution in [-0.2, 0) is 9.59 Å². The van der Waals surface area contributed by atoms with Gasteiger partial charge in [-0.2, -0.15) is 0 Å². The van der Waals surface area contributed by atoms with Gasteiger partial charge in [0.15, 0.2) is 5.78 Å². The molecular formula is C12H25NO8. The van der Waals surface area contributed by atoms with Crippen molar-refractivity contribution in [3.05, 3.63) is 0 Å². The van der Waals surface area contributed by atoms with Crippen LogP contribution in [0.2, 0.25) is 0 Å². The first kappa shape index (κ1) is 22.2. The van der Waals surface area contributed by atoms with Crippen molar-refractivity contribution in [2.75, 3.05) is 13.2 Å². The van der Waals surface area contributed by atoms with E-state index in [9.17, 15) is 9.59 Å². The van der Waals surface area contributed by atoms with Crippen LogP contribution in [0.3, 0.4) is 0 Å². The molecule has 0 rings (SSSR count). The van der Waals surface area contributed by atoms with Gasteiger partial charge in [-0.25, -0.2) is 0 Å². The maximum absolute atomic E-state index is 10.5. The highest BCUT2D eigenvalue weighted by Gasteiger charge is 2.28. The fourth-order valence-corrected chi connectivity index (χ4v) is 1.21. The number of aliphatic hydroxyl groups is 5. The lowest BCUT2D eigenvalue weighted by molar-refractivity contribution is -0.142. The van der Waals surface area contributed by atoms with Crippen LogP contribution in [0.4, 0.5) is 0 Å². The predicted octanol–water partition coefficient (Wildman–Crippen LogP) is -2.93. The fraction of sp³-hybridized carbons (Fsp3) is 0.833. The number of aliphatic carboxylic acids is 1. The van der Waals surface area contributed by atoms with Crippen molar-refractivity contribution in [2.45, 2.75) is 44.6 Å². The zero-order valence-corrected chi connectivity index (χ0v) is 12.1. The SMILES string of the molecule is CC(C)CC(N)C(=O)O.O=C(CO)[C@@H](O)[C@H](O)[C@H](O)CO. The molecule has 0 bridgehead atoms. The Kier molecular flexibility index (Phi) is 12.2. The number of Topliss-reactive ketones (excluding diaryl/α,β-unsaturated/α-hetero) is 1. The molecule has 0 radical (unpaired) electrons. The molecule has 0 aliphatic rings. The molecule has 9 heteroatoms. The summed E-state index contributed by atoms with van der Waals surface area (Å²) in [4.78, 5) is 20.6. The van der Waals surface area contributed by atoms with Crippen LogP contribution < -0.4 is 5.73 Å². The van der Waals surface area contributed by atoms with Crippen LogP contribution in [0.25, 0.3) is 0 Å². The summed E-state index contributed by atoms with van der Waals surface area (Å²) in [6.07, 6.45) is -4.67. The molecular weight excluding hydrogens is 286 g/mol. The van der Waals surface area contributed by atoms with E-state index in [0.29, 0.717) is 12.3 Å². The van der Waals surface area contributed by atoms with Crippen molar-refractivity contribution in [1.29, 1.82) is 0 Å². The van der Waals surface area contributed by atoms with Crippen molar-refractivity contribution in [2.24, 2.45) is 11.7 Å². The lowest BCUT2D eigenvalue weighted by Crippen LogP contribution is -2.44. The number of carbonyl (C=O) groups excluding carboxylic acids is 1. The predicted molar refractivity (Wildman–Crippen MR) is 72.3 cm³/mol. The third-order valence-electron chi connectivity index (χ3n) is 2.43. The second-order valence-electron chi connectivity index (χ2n) is 4.88. The van der Waals surface area contributed by atoms with Crippen LogP contribution in [0.5, 0.6) is 0 Å². The quantitative estimate of drug-likeness (QED) is 0.247. The first-order valence-electron chi connectivity index (χ1n) is 6.35. The van der Waals surface area contributed by atoms with E-state index >= 15 is 0 Å². The molecule has 0 aromatic rings. The Bertz CT molecular complexity index is 310. The van der Waals surface area contributed by atoms with E-state index in [1.807, 2.05) is 13.8 Å². The lowest BCUT2D eigenvalue weighted by Gasteiger charge is -2.19. The van der Waals surface area contributed by atoms with Gasteiger partial charge in [0, 0.05) is 0 Å². The monoisotopic (exact) mass is 311 g/mol. The van der Waals surface area contributed by atoms with Gasteiger partial charge in [0.1, 0.15) is 31.0 Å². The van der Waals surface area contributed by atoms with Crippen molar-refractivity contribution in [3.63, 3.8) is 0 Å². The van der Waals surface area contributed by atoms with Crippen LogP contribution >= 0.6 is 0 Å². The Labute approximate surface area is 122 Å². The Balaban J connectivity index is 0. The van der Waals surface area contributed by atoms with E-state index in [-0.39, 0.29) is 0 Å². The maximum Gasteiger partial charge on any atom is 0.320 e. The number of hydrogen-bond donors (Lipinski definition) is 7. The fourth-order valence-electron chi connectivity index (χ4n) is 1.21. The van der Waals surface area contributed by atoms with E-state index in [1.54, 1.807) is 0 Å². The Morgan fingerprint density at radius 2 is 1.57 bits per heavy atom. The molecule has 0 saturated heterocycles. The summed E-state index contributed by atoms with van der Waals surface area (Å²) in [5.74, 6) is -1.56. The van der Waals surface area contributed by atoms with E-state index < -0.39 is 49.3 Å². The molecule has 1 unspecified atom stereocenters. The minimum Gasteiger partial charge on any atom is -0.480 e. The van der Waals surface area contributed by atoms with Crippen LogP contribution in [0, 0.1) is 5.92 Å². The third-order valence-corrected chi connectivity index (χ3v) is 2.43. The lowest BCUT2D eigenvalue weighted by atomic mass is 10.1. The maximum atomic E-state index is 10.5. The van der Waals surface area contributed by atoms with Gasteiger partial charge in [-0.3, -0.25) is 9.59 Å². The summed E-state index contributed by atoms with van der Waals surface area (Å²) in [5, 5.41) is 51.4. The van der Waals surface area contributed by atoms with Gasteiger partial charge in [0.05, 0.1) is 6.61 Å². The zero-order chi connectivity index (χ0) is 17.2. The molecule has 0 aliphatic heterocycles. The molecule has 126 valence electrons. The average Bonchev–Trinajstić information content (AvgIpc) is 2.43. The Morgan fingerprint density at radius 3 is 1.81 bits per heavy atom. The highest BCUT2D eigenvalue weighted by molar-refractivity contribution is 5.84. The molecule has 0 spiro atoms. The van der Waals surface area contributed by atoms with Crippen LogP contribution in [-0.4, -0.2) is 80.0 Å². The molecule has 0 fully saturated rings. The van der Waals surface area contributed by atoms with Gasteiger partial charge in [0.2, 0.25) is 0 Å². The molecule has 0 aromatic heterocycles. The number of carboxylic acids is 1. The number of aliphatic hydroxyl groups excluding tert-OH is 5. The molecule has 0 heterocycles. The summed E-state index contributed by atoms with van der Waals surface area (Å²) in [5.41, 5.74) is 5.22. The van der Waals surface area contributed by atoms with Crippen molar-refractivity contribution in [1.82, 2.24) is 0 Å². The van der Waals surface area contributed by atoms with E-state index in [2.05, 4.69) is 0 Å². The molecule has 4 atom stereocenters. The standard InChI is InChI=1S/C6H13NO2.C6H12O6/c1-4(2)3-5(7)6(8)9;7-1-3(9)5(11)6(12)4(10)2-8/h4-5H,3,7H2,1-2H3,(H,8,9);3,5-9,11-12H,1-2H2/t;3-,5-,6-/m.1/s1. The van der Waals surface area contributed by atoms with Crippen molar-refractivity contribution < 1.29 is 40.2 Å². The smallest absolute Gasteiger partial charge is 0.320 e. The van der Waals surface area contributed by atoms with Gasteiger partial charge in [-0.05, 0) is 12.3 Å². The average molecular weight is 311 g/mol.